The Morgan fingerprint density at radius 1 is 0.914 bits per heavy atom. The van der Waals surface area contributed by atoms with Crippen molar-refractivity contribution in [3.05, 3.63) is 0 Å². The molecule has 0 aromatic carbocycles. The summed E-state index contributed by atoms with van der Waals surface area (Å²) in [5.41, 5.74) is 0. The van der Waals surface area contributed by atoms with Gasteiger partial charge in [0, 0.05) is 17.8 Å². The lowest BCUT2D eigenvalue weighted by Gasteiger charge is -2.27. The molecule has 2 amide bonds. The van der Waals surface area contributed by atoms with Gasteiger partial charge in [-0.15, -0.1) is 35.3 Å². The Bertz CT molecular complexity index is 744. The number of thiol groups is 1. The van der Waals surface area contributed by atoms with Gasteiger partial charge in [-0.25, -0.2) is 0 Å². The van der Waals surface area contributed by atoms with Crippen LogP contribution in [-0.2, 0) is 19.2 Å². The SMILES string of the molecule is CC(C)(C)SC(C(=O)NCCCCCCCCNC(=O)C1SC(C)(C)SC1C(=O)O)C(S)C(=O)O. The number of aliphatic carboxylic acids is 2. The normalized spacial score (nSPS) is 21.2. The number of hydrogen-bond acceptors (Lipinski definition) is 8. The highest BCUT2D eigenvalue weighted by atomic mass is 32.2. The quantitative estimate of drug-likeness (QED) is 0.147. The van der Waals surface area contributed by atoms with Crippen LogP contribution in [0.25, 0.3) is 0 Å². The minimum absolute atomic E-state index is 0.203. The molecule has 0 saturated carbocycles. The van der Waals surface area contributed by atoms with E-state index in [1.165, 1.54) is 35.3 Å². The molecule has 1 aliphatic rings. The molecule has 1 aliphatic heterocycles. The van der Waals surface area contributed by atoms with Gasteiger partial charge in [-0.3, -0.25) is 19.2 Å². The predicted octanol–water partition coefficient (Wildman–Crippen LogP) is 3.88. The third-order valence-electron chi connectivity index (χ3n) is 5.08. The number of amides is 2. The van der Waals surface area contributed by atoms with Crippen LogP contribution in [-0.4, -0.2) is 76.9 Å². The monoisotopic (exact) mass is 568 g/mol. The molecular formula is C23H40N2O6S4. The third kappa shape index (κ3) is 12.4. The van der Waals surface area contributed by atoms with Crippen LogP contribution in [0, 0.1) is 0 Å². The van der Waals surface area contributed by atoms with Crippen molar-refractivity contribution in [2.75, 3.05) is 13.1 Å². The van der Waals surface area contributed by atoms with Crippen molar-refractivity contribution in [1.29, 1.82) is 0 Å². The second kappa shape index (κ2) is 14.9. The van der Waals surface area contributed by atoms with E-state index < -0.39 is 32.9 Å². The van der Waals surface area contributed by atoms with Crippen molar-refractivity contribution in [3.8, 4) is 0 Å². The van der Waals surface area contributed by atoms with Crippen LogP contribution >= 0.6 is 47.9 Å². The summed E-state index contributed by atoms with van der Waals surface area (Å²) in [5, 5.41) is 21.2. The number of carbonyl (C=O) groups is 4. The maximum Gasteiger partial charge on any atom is 0.318 e. The van der Waals surface area contributed by atoms with E-state index in [1.807, 2.05) is 34.6 Å². The molecule has 4 unspecified atom stereocenters. The standard InChI is InChI=1S/C23H40N2O6S4/c1-22(2,3)33-15(14(32)20(28)29)18(26)24-12-10-8-6-7-9-11-13-25-19(27)16-17(21(30)31)35-23(4,5)34-16/h14-17,32H,6-13H2,1-5H3,(H,24,26)(H,25,27)(H,28,29)(H,30,31). The zero-order chi connectivity index (χ0) is 26.8. The fraction of sp³-hybridized carbons (Fsp3) is 0.826. The van der Waals surface area contributed by atoms with E-state index in [0.29, 0.717) is 13.1 Å². The number of carboxylic acid groups (broad SMARTS) is 2. The van der Waals surface area contributed by atoms with Gasteiger partial charge in [0.15, 0.2) is 0 Å². The second-order valence-electron chi connectivity index (χ2n) is 9.95. The smallest absolute Gasteiger partial charge is 0.318 e. The summed E-state index contributed by atoms with van der Waals surface area (Å²) in [6.45, 7) is 10.7. The number of carboxylic acids is 2. The molecular weight excluding hydrogens is 529 g/mol. The molecule has 0 aliphatic carbocycles. The third-order valence-corrected chi connectivity index (χ3v) is 10.6. The molecule has 1 rings (SSSR count). The highest BCUT2D eigenvalue weighted by Crippen LogP contribution is 2.51. The lowest BCUT2D eigenvalue weighted by atomic mass is 10.1. The minimum Gasteiger partial charge on any atom is -0.480 e. The van der Waals surface area contributed by atoms with E-state index in [0.717, 1.165) is 38.5 Å². The summed E-state index contributed by atoms with van der Waals surface area (Å²) in [4.78, 5) is 47.7. The van der Waals surface area contributed by atoms with Gasteiger partial charge >= 0.3 is 11.9 Å². The summed E-state index contributed by atoms with van der Waals surface area (Å²) < 4.78 is -0.553. The Balaban J connectivity index is 2.19. The average Bonchev–Trinajstić information content (AvgIpc) is 3.07. The Morgan fingerprint density at radius 2 is 1.40 bits per heavy atom. The summed E-state index contributed by atoms with van der Waals surface area (Å²) >= 11 is 8.15. The highest BCUT2D eigenvalue weighted by Gasteiger charge is 2.48. The van der Waals surface area contributed by atoms with E-state index in [9.17, 15) is 29.4 Å². The van der Waals surface area contributed by atoms with Gasteiger partial charge in [0.1, 0.15) is 21.0 Å². The Kier molecular flexibility index (Phi) is 13.7. The van der Waals surface area contributed by atoms with Crippen LogP contribution in [0.15, 0.2) is 0 Å². The molecule has 35 heavy (non-hydrogen) atoms. The van der Waals surface area contributed by atoms with Gasteiger partial charge in [0.05, 0.1) is 4.08 Å². The molecule has 0 aromatic rings. The van der Waals surface area contributed by atoms with E-state index in [1.54, 1.807) is 0 Å². The average molecular weight is 569 g/mol. The maximum atomic E-state index is 12.5. The second-order valence-corrected chi connectivity index (χ2v) is 16.3. The molecule has 4 atom stereocenters. The Hall–Kier alpha value is -0.720. The molecule has 202 valence electrons. The van der Waals surface area contributed by atoms with Crippen LogP contribution in [0.1, 0.15) is 73.1 Å². The fourth-order valence-corrected chi connectivity index (χ4v) is 8.18. The number of thioether (sulfide) groups is 3. The van der Waals surface area contributed by atoms with Crippen molar-refractivity contribution in [3.63, 3.8) is 0 Å². The van der Waals surface area contributed by atoms with Crippen LogP contribution in [0.2, 0.25) is 0 Å². The molecule has 1 fully saturated rings. The number of unbranched alkanes of at least 4 members (excludes halogenated alkanes) is 5. The molecule has 12 heteroatoms. The van der Waals surface area contributed by atoms with Crippen LogP contribution < -0.4 is 10.6 Å². The van der Waals surface area contributed by atoms with Crippen molar-refractivity contribution < 1.29 is 29.4 Å². The Morgan fingerprint density at radius 3 is 1.89 bits per heavy atom. The maximum absolute atomic E-state index is 12.5. The lowest BCUT2D eigenvalue weighted by molar-refractivity contribution is -0.138. The highest BCUT2D eigenvalue weighted by molar-refractivity contribution is 8.22. The molecule has 1 saturated heterocycles. The zero-order valence-electron chi connectivity index (χ0n) is 21.2. The first-order chi connectivity index (χ1) is 16.1. The van der Waals surface area contributed by atoms with Crippen molar-refractivity contribution >= 4 is 71.7 Å². The van der Waals surface area contributed by atoms with Crippen LogP contribution in [0.3, 0.4) is 0 Å². The molecule has 0 bridgehead atoms. The summed E-state index contributed by atoms with van der Waals surface area (Å²) in [6, 6.07) is 0. The van der Waals surface area contributed by atoms with Crippen molar-refractivity contribution in [2.24, 2.45) is 0 Å². The summed E-state index contributed by atoms with van der Waals surface area (Å²) in [6.07, 6.45) is 5.54. The molecule has 0 radical (unpaired) electrons. The molecule has 0 spiro atoms. The number of rotatable bonds is 15. The first-order valence-electron chi connectivity index (χ1n) is 11.9. The van der Waals surface area contributed by atoms with E-state index in [4.69, 9.17) is 0 Å². The first kappa shape index (κ1) is 32.3. The largest absolute Gasteiger partial charge is 0.480 e. The van der Waals surface area contributed by atoms with Crippen molar-refractivity contribution in [1.82, 2.24) is 10.6 Å². The number of hydrogen-bond donors (Lipinski definition) is 5. The number of nitrogens with one attached hydrogen (secondary N) is 2. The number of carbonyl (C=O) groups excluding carboxylic acids is 2. The van der Waals surface area contributed by atoms with Gasteiger partial charge < -0.3 is 20.8 Å². The summed E-state index contributed by atoms with van der Waals surface area (Å²) in [7, 11) is 0. The van der Waals surface area contributed by atoms with Gasteiger partial charge in [0.25, 0.3) is 0 Å². The van der Waals surface area contributed by atoms with Crippen LogP contribution in [0.5, 0.6) is 0 Å². The molecule has 8 nitrogen and oxygen atoms in total. The molecule has 1 heterocycles. The fourth-order valence-electron chi connectivity index (χ4n) is 3.49. The molecule has 4 N–H and O–H groups in total. The zero-order valence-corrected chi connectivity index (χ0v) is 24.5. The van der Waals surface area contributed by atoms with Crippen molar-refractivity contribution in [2.45, 2.75) is 103 Å². The van der Waals surface area contributed by atoms with Crippen LogP contribution in [0.4, 0.5) is 0 Å². The van der Waals surface area contributed by atoms with Gasteiger partial charge in [-0.2, -0.15) is 12.6 Å². The Labute approximate surface area is 227 Å². The minimum atomic E-state index is -1.10. The summed E-state index contributed by atoms with van der Waals surface area (Å²) in [5.74, 6) is -2.55. The lowest BCUT2D eigenvalue weighted by Crippen LogP contribution is -2.43. The first-order valence-corrected chi connectivity index (χ1v) is 15.0. The van der Waals surface area contributed by atoms with Gasteiger partial charge in [0.2, 0.25) is 11.8 Å². The van der Waals surface area contributed by atoms with E-state index >= 15 is 0 Å². The predicted molar refractivity (Wildman–Crippen MR) is 150 cm³/mol. The van der Waals surface area contributed by atoms with Gasteiger partial charge in [-0.05, 0) is 26.7 Å². The topological polar surface area (TPSA) is 133 Å². The molecule has 0 aromatic heterocycles. The van der Waals surface area contributed by atoms with E-state index in [2.05, 4.69) is 23.3 Å². The van der Waals surface area contributed by atoms with E-state index in [-0.39, 0.29) is 20.6 Å². The van der Waals surface area contributed by atoms with Gasteiger partial charge in [-0.1, -0.05) is 46.5 Å².